The number of hydrogen-bond acceptors (Lipinski definition) is 5. The van der Waals surface area contributed by atoms with E-state index in [1.54, 1.807) is 36.4 Å². The maximum atomic E-state index is 12.7. The highest BCUT2D eigenvalue weighted by molar-refractivity contribution is 6.42. The molecule has 0 aliphatic carbocycles. The molecule has 4 rings (SSSR count). The van der Waals surface area contributed by atoms with E-state index in [-0.39, 0.29) is 33.5 Å². The molecule has 0 saturated carbocycles. The molecule has 0 fully saturated rings. The molecule has 0 heterocycles. The normalized spacial score (nSPS) is 10.9. The van der Waals surface area contributed by atoms with Crippen molar-refractivity contribution in [1.29, 1.82) is 0 Å². The number of hydrogen-bond donors (Lipinski definition) is 2. The Kier molecular flexibility index (Phi) is 8.40. The fourth-order valence-electron chi connectivity index (χ4n) is 3.39. The topological polar surface area (TPSA) is 96.9 Å². The summed E-state index contributed by atoms with van der Waals surface area (Å²) in [5.74, 6) is -1.47. The van der Waals surface area contributed by atoms with E-state index < -0.39 is 17.8 Å². The zero-order chi connectivity index (χ0) is 26.4. The van der Waals surface area contributed by atoms with Gasteiger partial charge in [0.2, 0.25) is 0 Å². The van der Waals surface area contributed by atoms with Crippen LogP contribution in [0.4, 0.5) is 0 Å². The van der Waals surface area contributed by atoms with Crippen molar-refractivity contribution < 1.29 is 19.1 Å². The number of nitrogens with one attached hydrogen (secondary N) is 2. The van der Waals surface area contributed by atoms with Gasteiger partial charge in [-0.2, -0.15) is 5.10 Å². The average Bonchev–Trinajstić information content (AvgIpc) is 2.90. The van der Waals surface area contributed by atoms with Crippen molar-refractivity contribution in [2.24, 2.45) is 5.10 Å². The highest BCUT2D eigenvalue weighted by Crippen LogP contribution is 2.28. The summed E-state index contributed by atoms with van der Waals surface area (Å²) in [7, 11) is 0. The van der Waals surface area contributed by atoms with Crippen molar-refractivity contribution in [2.45, 2.75) is 0 Å². The second-order valence-electron chi connectivity index (χ2n) is 7.67. The maximum absolute atomic E-state index is 12.7. The number of carbonyl (C=O) groups excluding carboxylic acids is 3. The molecule has 4 aromatic rings. The Hall–Kier alpha value is -3.91. The van der Waals surface area contributed by atoms with E-state index >= 15 is 0 Å². The number of halogens is 3. The number of esters is 1. The Balaban J connectivity index is 1.47. The third-order valence-electron chi connectivity index (χ3n) is 5.20. The predicted octanol–water partition coefficient (Wildman–Crippen LogP) is 5.90. The second kappa shape index (κ2) is 11.9. The van der Waals surface area contributed by atoms with Gasteiger partial charge < -0.3 is 10.1 Å². The lowest BCUT2D eigenvalue weighted by molar-refractivity contribution is -0.120. The van der Waals surface area contributed by atoms with Crippen molar-refractivity contribution in [1.82, 2.24) is 10.7 Å². The lowest BCUT2D eigenvalue weighted by Gasteiger charge is -2.11. The maximum Gasteiger partial charge on any atom is 0.345 e. The minimum absolute atomic E-state index is 0.214. The monoisotopic (exact) mass is 553 g/mol. The van der Waals surface area contributed by atoms with E-state index in [1.807, 2.05) is 24.3 Å². The van der Waals surface area contributed by atoms with Crippen molar-refractivity contribution in [3.05, 3.63) is 111 Å². The number of amides is 2. The molecule has 2 amide bonds. The molecule has 7 nitrogen and oxygen atoms in total. The van der Waals surface area contributed by atoms with Crippen LogP contribution in [0.5, 0.6) is 5.75 Å². The van der Waals surface area contributed by atoms with Crippen LogP contribution in [0.2, 0.25) is 15.1 Å². The standard InChI is InChI=1S/C27H18Cl3N3O4/c28-21-8-4-3-7-19(21)27(36)37-24-12-10-16-5-1-2-6-18(16)20(24)14-32-33-25(34)15-31-26(35)17-9-11-22(29)23(30)13-17/h1-14H,15H2,(H,31,35)(H,33,34)/b32-14+. The number of benzene rings is 4. The minimum atomic E-state index is -0.635. The van der Waals surface area contributed by atoms with Crippen molar-refractivity contribution >= 4 is 69.6 Å². The van der Waals surface area contributed by atoms with Gasteiger partial charge in [0.25, 0.3) is 11.8 Å². The van der Waals surface area contributed by atoms with E-state index in [2.05, 4.69) is 15.8 Å². The van der Waals surface area contributed by atoms with Crippen LogP contribution >= 0.6 is 34.8 Å². The van der Waals surface area contributed by atoms with E-state index in [0.717, 1.165) is 10.8 Å². The molecule has 0 aliphatic rings. The van der Waals surface area contributed by atoms with Gasteiger partial charge in [-0.05, 0) is 47.2 Å². The Bertz CT molecular complexity index is 1540. The first-order valence-electron chi connectivity index (χ1n) is 10.9. The molecule has 10 heteroatoms. The molecule has 186 valence electrons. The van der Waals surface area contributed by atoms with E-state index in [0.29, 0.717) is 10.6 Å². The molecule has 0 radical (unpaired) electrons. The molecule has 0 saturated heterocycles. The van der Waals surface area contributed by atoms with Crippen LogP contribution in [-0.4, -0.2) is 30.5 Å². The summed E-state index contributed by atoms with van der Waals surface area (Å²) in [4.78, 5) is 37.2. The third-order valence-corrected chi connectivity index (χ3v) is 6.27. The molecule has 2 N–H and O–H groups in total. The number of carbonyl (C=O) groups is 3. The summed E-state index contributed by atoms with van der Waals surface area (Å²) in [6.07, 6.45) is 1.37. The van der Waals surface area contributed by atoms with Crippen molar-refractivity contribution in [2.75, 3.05) is 6.54 Å². The summed E-state index contributed by atoms with van der Waals surface area (Å²) in [6.45, 7) is -0.333. The molecule has 0 atom stereocenters. The fraction of sp³-hybridized carbons (Fsp3) is 0.0370. The third kappa shape index (κ3) is 6.46. The Morgan fingerprint density at radius 3 is 2.38 bits per heavy atom. The SMILES string of the molecule is O=C(CNC(=O)c1ccc(Cl)c(Cl)c1)N/N=C/c1c(OC(=O)c2ccccc2Cl)ccc2ccccc12. The largest absolute Gasteiger partial charge is 0.422 e. The van der Waals surface area contributed by atoms with Crippen molar-refractivity contribution in [3.8, 4) is 5.75 Å². The molecule has 0 unspecified atom stereocenters. The van der Waals surface area contributed by atoms with Gasteiger partial charge in [-0.25, -0.2) is 10.2 Å². The fourth-order valence-corrected chi connectivity index (χ4v) is 3.90. The van der Waals surface area contributed by atoms with Gasteiger partial charge in [-0.15, -0.1) is 0 Å². The highest BCUT2D eigenvalue weighted by Gasteiger charge is 2.16. The lowest BCUT2D eigenvalue weighted by atomic mass is 10.0. The molecule has 37 heavy (non-hydrogen) atoms. The highest BCUT2D eigenvalue weighted by atomic mass is 35.5. The summed E-state index contributed by atoms with van der Waals surface area (Å²) >= 11 is 17.9. The molecular formula is C27H18Cl3N3O4. The lowest BCUT2D eigenvalue weighted by Crippen LogP contribution is -2.34. The zero-order valence-corrected chi connectivity index (χ0v) is 21.3. The van der Waals surface area contributed by atoms with Gasteiger partial charge in [0.15, 0.2) is 0 Å². The first-order valence-corrected chi connectivity index (χ1v) is 12.0. The number of nitrogens with zero attached hydrogens (tertiary/aromatic N) is 1. The van der Waals surface area contributed by atoms with Gasteiger partial charge in [0.1, 0.15) is 5.75 Å². The summed E-state index contributed by atoms with van der Waals surface area (Å²) in [5, 5.41) is 8.90. The predicted molar refractivity (Wildman–Crippen MR) is 145 cm³/mol. The molecule has 0 spiro atoms. The summed E-state index contributed by atoms with van der Waals surface area (Å²) in [6, 6.07) is 21.8. The van der Waals surface area contributed by atoms with Crippen molar-refractivity contribution in [3.63, 3.8) is 0 Å². The van der Waals surface area contributed by atoms with Crippen LogP contribution in [-0.2, 0) is 4.79 Å². The Morgan fingerprint density at radius 1 is 0.838 bits per heavy atom. The van der Waals surface area contributed by atoms with Gasteiger partial charge in [0, 0.05) is 11.1 Å². The summed E-state index contributed by atoms with van der Waals surface area (Å²) < 4.78 is 5.62. The number of rotatable bonds is 7. The Morgan fingerprint density at radius 2 is 1.59 bits per heavy atom. The first-order chi connectivity index (χ1) is 17.8. The molecule has 0 aromatic heterocycles. The Labute approximate surface area is 227 Å². The van der Waals surface area contributed by atoms with Gasteiger partial charge in [0.05, 0.1) is 33.4 Å². The van der Waals surface area contributed by atoms with Crippen LogP contribution in [0.15, 0.2) is 84.0 Å². The van der Waals surface area contributed by atoms with Gasteiger partial charge in [-0.1, -0.05) is 77.3 Å². The van der Waals surface area contributed by atoms with Crippen LogP contribution in [0, 0.1) is 0 Å². The summed E-state index contributed by atoms with van der Waals surface area (Å²) in [5.41, 5.74) is 3.29. The second-order valence-corrected chi connectivity index (χ2v) is 8.89. The molecule has 0 aliphatic heterocycles. The average molecular weight is 555 g/mol. The molecule has 0 bridgehead atoms. The first kappa shape index (κ1) is 26.2. The van der Waals surface area contributed by atoms with Crippen LogP contribution in [0.1, 0.15) is 26.3 Å². The zero-order valence-electron chi connectivity index (χ0n) is 19.0. The minimum Gasteiger partial charge on any atom is -0.422 e. The van der Waals surface area contributed by atoms with Gasteiger partial charge >= 0.3 is 5.97 Å². The quantitative estimate of drug-likeness (QED) is 0.129. The molecular weight excluding hydrogens is 537 g/mol. The smallest absolute Gasteiger partial charge is 0.345 e. The molecule has 4 aromatic carbocycles. The van der Waals surface area contributed by atoms with Gasteiger partial charge in [-0.3, -0.25) is 9.59 Å². The number of ether oxygens (including phenoxy) is 1. The number of fused-ring (bicyclic) bond motifs is 1. The van der Waals surface area contributed by atoms with E-state index in [4.69, 9.17) is 39.5 Å². The van der Waals surface area contributed by atoms with E-state index in [9.17, 15) is 14.4 Å². The number of hydrazone groups is 1. The van der Waals surface area contributed by atoms with Crippen LogP contribution in [0.3, 0.4) is 0 Å². The van der Waals surface area contributed by atoms with E-state index in [1.165, 1.54) is 24.4 Å². The van der Waals surface area contributed by atoms with Crippen LogP contribution in [0.25, 0.3) is 10.8 Å². The van der Waals surface area contributed by atoms with Crippen LogP contribution < -0.4 is 15.5 Å².